The molecule has 0 bridgehead atoms. The monoisotopic (exact) mass is 348 g/mol. The summed E-state index contributed by atoms with van der Waals surface area (Å²) < 4.78 is 0.493. The summed E-state index contributed by atoms with van der Waals surface area (Å²) in [7, 11) is 0. The second-order valence-corrected chi connectivity index (χ2v) is 5.61. The highest BCUT2D eigenvalue weighted by Gasteiger charge is 2.19. The lowest BCUT2D eigenvalue weighted by atomic mass is 10.0. The number of nitrogens with one attached hydrogen (secondary N) is 1. The molecule has 2 N–H and O–H groups in total. The van der Waals surface area contributed by atoms with Gasteiger partial charge >= 0.3 is 0 Å². The van der Waals surface area contributed by atoms with Crippen molar-refractivity contribution in [2.24, 2.45) is 0 Å². The minimum atomic E-state index is -0.646. The van der Waals surface area contributed by atoms with E-state index in [9.17, 15) is 9.90 Å². The number of benzene rings is 1. The molecule has 0 aliphatic heterocycles. The molecule has 0 spiro atoms. The van der Waals surface area contributed by atoms with Crippen LogP contribution in [0.25, 0.3) is 0 Å². The Hall–Kier alpha value is -1.72. The molecule has 0 radical (unpaired) electrons. The SMILES string of the molecule is CC(NC(=O)c1cccnc1Br)C(O)Cc1ccccc1. The zero-order valence-electron chi connectivity index (χ0n) is 11.7. The van der Waals surface area contributed by atoms with Crippen LogP contribution >= 0.6 is 15.9 Å². The van der Waals surface area contributed by atoms with Gasteiger partial charge in [0.25, 0.3) is 5.91 Å². The van der Waals surface area contributed by atoms with Gasteiger partial charge in [-0.3, -0.25) is 4.79 Å². The largest absolute Gasteiger partial charge is 0.391 e. The molecule has 1 amide bonds. The van der Waals surface area contributed by atoms with E-state index in [0.717, 1.165) is 5.56 Å². The van der Waals surface area contributed by atoms with Crippen molar-refractivity contribution >= 4 is 21.8 Å². The van der Waals surface area contributed by atoms with E-state index in [2.05, 4.69) is 26.2 Å². The average Bonchev–Trinajstić information content (AvgIpc) is 2.48. The molecule has 0 fully saturated rings. The fourth-order valence-electron chi connectivity index (χ4n) is 1.97. The van der Waals surface area contributed by atoms with Gasteiger partial charge in [0.05, 0.1) is 17.7 Å². The van der Waals surface area contributed by atoms with Crippen molar-refractivity contribution in [1.82, 2.24) is 10.3 Å². The smallest absolute Gasteiger partial charge is 0.254 e. The minimum absolute atomic E-state index is 0.255. The predicted molar refractivity (Wildman–Crippen MR) is 85.0 cm³/mol. The lowest BCUT2D eigenvalue weighted by Gasteiger charge is -2.20. The van der Waals surface area contributed by atoms with E-state index in [1.807, 2.05) is 30.3 Å². The number of aliphatic hydroxyl groups excluding tert-OH is 1. The van der Waals surface area contributed by atoms with E-state index in [-0.39, 0.29) is 11.9 Å². The zero-order chi connectivity index (χ0) is 15.2. The van der Waals surface area contributed by atoms with Gasteiger partial charge in [-0.25, -0.2) is 4.98 Å². The Kier molecular flexibility index (Phi) is 5.47. The van der Waals surface area contributed by atoms with Crippen LogP contribution in [0.1, 0.15) is 22.8 Å². The molecule has 1 heterocycles. The van der Waals surface area contributed by atoms with Gasteiger partial charge in [0.1, 0.15) is 4.60 Å². The van der Waals surface area contributed by atoms with Crippen molar-refractivity contribution in [3.63, 3.8) is 0 Å². The highest BCUT2D eigenvalue weighted by Crippen LogP contribution is 2.13. The molecule has 0 aliphatic rings. The van der Waals surface area contributed by atoms with Crippen molar-refractivity contribution in [2.45, 2.75) is 25.5 Å². The minimum Gasteiger partial charge on any atom is -0.391 e. The molecule has 0 saturated heterocycles. The third-order valence-electron chi connectivity index (χ3n) is 3.23. The number of rotatable bonds is 5. The van der Waals surface area contributed by atoms with E-state index in [4.69, 9.17) is 0 Å². The maximum absolute atomic E-state index is 12.1. The summed E-state index contributed by atoms with van der Waals surface area (Å²) in [4.78, 5) is 16.2. The summed E-state index contributed by atoms with van der Waals surface area (Å²) in [5.41, 5.74) is 1.49. The summed E-state index contributed by atoms with van der Waals surface area (Å²) in [6, 6.07) is 12.7. The Balaban J connectivity index is 1.96. The van der Waals surface area contributed by atoms with Crippen molar-refractivity contribution in [2.75, 3.05) is 0 Å². The molecule has 2 rings (SSSR count). The van der Waals surface area contributed by atoms with Crippen LogP contribution in [0.2, 0.25) is 0 Å². The van der Waals surface area contributed by atoms with Crippen LogP contribution < -0.4 is 5.32 Å². The first-order chi connectivity index (χ1) is 10.1. The van der Waals surface area contributed by atoms with Gasteiger partial charge in [0.2, 0.25) is 0 Å². The van der Waals surface area contributed by atoms with Crippen LogP contribution in [-0.2, 0) is 6.42 Å². The maximum Gasteiger partial charge on any atom is 0.254 e. The maximum atomic E-state index is 12.1. The van der Waals surface area contributed by atoms with Crippen LogP contribution in [0.15, 0.2) is 53.3 Å². The lowest BCUT2D eigenvalue weighted by Crippen LogP contribution is -2.42. The molecular weight excluding hydrogens is 332 g/mol. The van der Waals surface area contributed by atoms with Crippen LogP contribution in [-0.4, -0.2) is 28.1 Å². The van der Waals surface area contributed by atoms with Crippen LogP contribution in [0, 0.1) is 0 Å². The predicted octanol–water partition coefficient (Wildman–Crippen LogP) is 2.57. The Morgan fingerprint density at radius 3 is 2.67 bits per heavy atom. The molecule has 1 aromatic carbocycles. The Morgan fingerprint density at radius 1 is 1.29 bits per heavy atom. The fourth-order valence-corrected chi connectivity index (χ4v) is 2.40. The van der Waals surface area contributed by atoms with Crippen molar-refractivity contribution < 1.29 is 9.90 Å². The third kappa shape index (κ3) is 4.37. The summed E-state index contributed by atoms with van der Waals surface area (Å²) in [6.45, 7) is 1.79. The van der Waals surface area contributed by atoms with Gasteiger partial charge < -0.3 is 10.4 Å². The van der Waals surface area contributed by atoms with E-state index < -0.39 is 6.10 Å². The quantitative estimate of drug-likeness (QED) is 0.816. The number of hydrogen-bond acceptors (Lipinski definition) is 3. The first-order valence-corrected chi connectivity index (χ1v) is 7.50. The topological polar surface area (TPSA) is 62.2 Å². The molecule has 0 aliphatic carbocycles. The van der Waals surface area contributed by atoms with Gasteiger partial charge in [0, 0.05) is 12.6 Å². The molecule has 110 valence electrons. The van der Waals surface area contributed by atoms with Crippen LogP contribution in [0.5, 0.6) is 0 Å². The zero-order valence-corrected chi connectivity index (χ0v) is 13.2. The highest BCUT2D eigenvalue weighted by atomic mass is 79.9. The molecule has 4 nitrogen and oxygen atoms in total. The van der Waals surface area contributed by atoms with Crippen molar-refractivity contribution in [1.29, 1.82) is 0 Å². The van der Waals surface area contributed by atoms with Gasteiger partial charge in [-0.05, 0) is 40.5 Å². The number of carbonyl (C=O) groups is 1. The van der Waals surface area contributed by atoms with Gasteiger partial charge in [-0.15, -0.1) is 0 Å². The van der Waals surface area contributed by atoms with Crippen molar-refractivity contribution in [3.05, 3.63) is 64.4 Å². The second kappa shape index (κ2) is 7.33. The van der Waals surface area contributed by atoms with Gasteiger partial charge in [0.15, 0.2) is 0 Å². The normalized spacial score (nSPS) is 13.5. The first kappa shape index (κ1) is 15.7. The number of amides is 1. The number of hydrogen-bond donors (Lipinski definition) is 2. The molecule has 5 heteroatoms. The Labute approximate surface area is 132 Å². The van der Waals surface area contributed by atoms with Crippen LogP contribution in [0.3, 0.4) is 0 Å². The molecular formula is C16H17BrN2O2. The number of aromatic nitrogens is 1. The summed E-state index contributed by atoms with van der Waals surface area (Å²) in [6.07, 6.45) is 1.46. The van der Waals surface area contributed by atoms with Gasteiger partial charge in [-0.1, -0.05) is 30.3 Å². The number of pyridine rings is 1. The van der Waals surface area contributed by atoms with E-state index in [0.29, 0.717) is 16.6 Å². The third-order valence-corrected chi connectivity index (χ3v) is 3.86. The molecule has 2 aromatic rings. The van der Waals surface area contributed by atoms with Crippen LogP contribution in [0.4, 0.5) is 0 Å². The number of aliphatic hydroxyl groups is 1. The fraction of sp³-hybridized carbons (Fsp3) is 0.250. The number of halogens is 1. The van der Waals surface area contributed by atoms with E-state index in [1.54, 1.807) is 25.3 Å². The van der Waals surface area contributed by atoms with E-state index >= 15 is 0 Å². The second-order valence-electron chi connectivity index (χ2n) is 4.86. The molecule has 21 heavy (non-hydrogen) atoms. The Morgan fingerprint density at radius 2 is 2.00 bits per heavy atom. The lowest BCUT2D eigenvalue weighted by molar-refractivity contribution is 0.0850. The summed E-state index contributed by atoms with van der Waals surface area (Å²) in [5, 5.41) is 13.0. The van der Waals surface area contributed by atoms with E-state index in [1.165, 1.54) is 0 Å². The summed E-state index contributed by atoms with van der Waals surface area (Å²) in [5.74, 6) is -0.255. The van der Waals surface area contributed by atoms with Gasteiger partial charge in [-0.2, -0.15) is 0 Å². The molecule has 2 unspecified atom stereocenters. The highest BCUT2D eigenvalue weighted by molar-refractivity contribution is 9.10. The molecule has 1 aromatic heterocycles. The summed E-state index contributed by atoms with van der Waals surface area (Å²) >= 11 is 3.24. The first-order valence-electron chi connectivity index (χ1n) is 6.71. The molecule has 0 saturated carbocycles. The average molecular weight is 349 g/mol. The number of nitrogens with zero attached hydrogens (tertiary/aromatic N) is 1. The van der Waals surface area contributed by atoms with Crippen molar-refractivity contribution in [3.8, 4) is 0 Å². The molecule has 2 atom stereocenters. The Bertz CT molecular complexity index is 604. The standard InChI is InChI=1S/C16H17BrN2O2/c1-11(14(20)10-12-6-3-2-4-7-12)19-16(21)13-8-5-9-18-15(13)17/h2-9,11,14,20H,10H2,1H3,(H,19,21). The number of carbonyl (C=O) groups excluding carboxylic acids is 1.